The molecule has 0 unspecified atom stereocenters. The normalized spacial score (nSPS) is 12.2. The van der Waals surface area contributed by atoms with Gasteiger partial charge in [0, 0.05) is 5.56 Å². The first-order chi connectivity index (χ1) is 8.74. The fourth-order valence-corrected chi connectivity index (χ4v) is 2.10. The molecule has 1 aliphatic heterocycles. The Morgan fingerprint density at radius 3 is 2.94 bits per heavy atom. The number of ketones is 1. The molecule has 2 aromatic rings. The third-order valence-electron chi connectivity index (χ3n) is 2.86. The third kappa shape index (κ3) is 1.30. The number of carbonyl (C=O) groups excluding carboxylic acids is 2. The van der Waals surface area contributed by atoms with Crippen LogP contribution in [0, 0.1) is 0 Å². The molecule has 18 heavy (non-hydrogen) atoms. The van der Waals surface area contributed by atoms with Crippen LogP contribution in [0.1, 0.15) is 33.5 Å². The molecule has 0 fully saturated rings. The van der Waals surface area contributed by atoms with E-state index in [0.717, 1.165) is 5.69 Å². The summed E-state index contributed by atoms with van der Waals surface area (Å²) in [6, 6.07) is 7.19. The summed E-state index contributed by atoms with van der Waals surface area (Å²) in [6.07, 6.45) is 1.48. The maximum Gasteiger partial charge on any atom is 0.359 e. The molecule has 0 spiro atoms. The predicted octanol–water partition coefficient (Wildman–Crippen LogP) is 1.59. The van der Waals surface area contributed by atoms with Gasteiger partial charge in [-0.05, 0) is 19.1 Å². The molecule has 0 bridgehead atoms. The second kappa shape index (κ2) is 3.80. The maximum atomic E-state index is 12.2. The molecule has 2 heterocycles. The average molecular weight is 242 g/mol. The van der Waals surface area contributed by atoms with E-state index in [0.29, 0.717) is 5.56 Å². The number of rotatable bonds is 2. The van der Waals surface area contributed by atoms with Crippen molar-refractivity contribution in [2.24, 2.45) is 0 Å². The van der Waals surface area contributed by atoms with Crippen molar-refractivity contribution in [1.82, 2.24) is 9.55 Å². The third-order valence-corrected chi connectivity index (χ3v) is 2.86. The molecular formula is C13H10N2O3. The Morgan fingerprint density at radius 2 is 2.17 bits per heavy atom. The Bertz CT molecular complexity index is 658. The lowest BCUT2D eigenvalue weighted by atomic mass is 10.1. The van der Waals surface area contributed by atoms with Gasteiger partial charge in [-0.1, -0.05) is 12.1 Å². The molecule has 5 heteroatoms. The van der Waals surface area contributed by atoms with E-state index in [1.165, 1.54) is 6.33 Å². The van der Waals surface area contributed by atoms with Crippen molar-refractivity contribution in [3.63, 3.8) is 0 Å². The lowest BCUT2D eigenvalue weighted by molar-refractivity contribution is 0.0517. The number of nitrogens with zero attached hydrogens (tertiary/aromatic N) is 2. The van der Waals surface area contributed by atoms with Crippen LogP contribution in [0.2, 0.25) is 0 Å². The average Bonchev–Trinajstić information content (AvgIpc) is 2.92. The van der Waals surface area contributed by atoms with Crippen molar-refractivity contribution in [3.8, 4) is 5.69 Å². The summed E-state index contributed by atoms with van der Waals surface area (Å²) < 4.78 is 6.52. The highest BCUT2D eigenvalue weighted by Gasteiger charge is 2.33. The smallest absolute Gasteiger partial charge is 0.359 e. The highest BCUT2D eigenvalue weighted by molar-refractivity contribution is 6.17. The molecule has 0 saturated carbocycles. The van der Waals surface area contributed by atoms with Crippen LogP contribution in [0.15, 0.2) is 30.6 Å². The van der Waals surface area contributed by atoms with E-state index in [1.54, 1.807) is 23.6 Å². The first-order valence-corrected chi connectivity index (χ1v) is 5.62. The van der Waals surface area contributed by atoms with Crippen LogP contribution in [0.4, 0.5) is 0 Å². The number of aromatic nitrogens is 2. The maximum absolute atomic E-state index is 12.2. The van der Waals surface area contributed by atoms with Gasteiger partial charge in [-0.15, -0.1) is 0 Å². The predicted molar refractivity (Wildman–Crippen MR) is 63.0 cm³/mol. The highest BCUT2D eigenvalue weighted by atomic mass is 16.5. The molecule has 1 aromatic carbocycles. The quantitative estimate of drug-likeness (QED) is 0.640. The molecule has 0 aliphatic carbocycles. The largest absolute Gasteiger partial charge is 0.461 e. The molecule has 0 N–H and O–H groups in total. The van der Waals surface area contributed by atoms with Crippen LogP contribution >= 0.6 is 0 Å². The number of carbonyl (C=O) groups is 2. The SMILES string of the molecule is CCOC(=O)c1ncn2c1C(=O)c1ccccc1-2. The van der Waals surface area contributed by atoms with Gasteiger partial charge in [-0.2, -0.15) is 0 Å². The molecule has 1 aromatic heterocycles. The minimum atomic E-state index is -0.563. The van der Waals surface area contributed by atoms with E-state index in [2.05, 4.69) is 4.98 Å². The van der Waals surface area contributed by atoms with Crippen molar-refractivity contribution >= 4 is 11.8 Å². The number of hydrogen-bond acceptors (Lipinski definition) is 4. The van der Waals surface area contributed by atoms with E-state index in [-0.39, 0.29) is 23.8 Å². The lowest BCUT2D eigenvalue weighted by Crippen LogP contribution is -2.11. The molecule has 1 aliphatic rings. The van der Waals surface area contributed by atoms with E-state index in [9.17, 15) is 9.59 Å². The van der Waals surface area contributed by atoms with Crippen molar-refractivity contribution in [3.05, 3.63) is 47.5 Å². The van der Waals surface area contributed by atoms with E-state index in [1.807, 2.05) is 12.1 Å². The lowest BCUT2D eigenvalue weighted by Gasteiger charge is -1.99. The number of imidazole rings is 1. The summed E-state index contributed by atoms with van der Waals surface area (Å²) in [5.74, 6) is -0.751. The number of benzene rings is 1. The number of ether oxygens (including phenoxy) is 1. The van der Waals surface area contributed by atoms with E-state index < -0.39 is 5.97 Å². The minimum Gasteiger partial charge on any atom is -0.461 e. The molecule has 0 atom stereocenters. The van der Waals surface area contributed by atoms with Crippen LogP contribution in [-0.2, 0) is 4.74 Å². The monoisotopic (exact) mass is 242 g/mol. The second-order valence-corrected chi connectivity index (χ2v) is 3.88. The number of esters is 1. The van der Waals surface area contributed by atoms with Crippen molar-refractivity contribution in [2.45, 2.75) is 6.92 Å². The van der Waals surface area contributed by atoms with Crippen LogP contribution < -0.4 is 0 Å². The van der Waals surface area contributed by atoms with Crippen LogP contribution in [-0.4, -0.2) is 27.9 Å². The molecule has 0 amide bonds. The van der Waals surface area contributed by atoms with Crippen molar-refractivity contribution in [1.29, 1.82) is 0 Å². The summed E-state index contributed by atoms with van der Waals surface area (Å²) in [7, 11) is 0. The zero-order chi connectivity index (χ0) is 12.7. The molecule has 3 rings (SSSR count). The standard InChI is InChI=1S/C13H10N2O3/c1-2-18-13(17)10-11-12(16)8-5-3-4-6-9(8)15(11)7-14-10/h3-7H,2H2,1H3. The molecule has 90 valence electrons. The van der Waals surface area contributed by atoms with Crippen LogP contribution in [0.3, 0.4) is 0 Å². The zero-order valence-corrected chi connectivity index (χ0v) is 9.71. The van der Waals surface area contributed by atoms with Gasteiger partial charge in [0.1, 0.15) is 12.0 Å². The van der Waals surface area contributed by atoms with Crippen molar-refractivity contribution in [2.75, 3.05) is 6.61 Å². The number of fused-ring (bicyclic) bond motifs is 3. The van der Waals surface area contributed by atoms with E-state index in [4.69, 9.17) is 4.74 Å². The fourth-order valence-electron chi connectivity index (χ4n) is 2.10. The summed E-state index contributed by atoms with van der Waals surface area (Å²) >= 11 is 0. The summed E-state index contributed by atoms with van der Waals surface area (Å²) in [5, 5.41) is 0. The van der Waals surface area contributed by atoms with Gasteiger partial charge in [0.25, 0.3) is 0 Å². The topological polar surface area (TPSA) is 61.2 Å². The molecule has 0 saturated heterocycles. The Balaban J connectivity index is 2.15. The zero-order valence-electron chi connectivity index (χ0n) is 9.71. The van der Waals surface area contributed by atoms with E-state index >= 15 is 0 Å². The van der Waals surface area contributed by atoms with Gasteiger partial charge >= 0.3 is 5.97 Å². The summed E-state index contributed by atoms with van der Waals surface area (Å²) in [4.78, 5) is 27.9. The number of hydrogen-bond donors (Lipinski definition) is 0. The molecule has 0 radical (unpaired) electrons. The Hall–Kier alpha value is -2.43. The van der Waals surface area contributed by atoms with Gasteiger partial charge in [-0.3, -0.25) is 9.36 Å². The Morgan fingerprint density at radius 1 is 1.39 bits per heavy atom. The number of para-hydroxylation sites is 1. The molecule has 5 nitrogen and oxygen atoms in total. The second-order valence-electron chi connectivity index (χ2n) is 3.88. The van der Waals surface area contributed by atoms with Crippen LogP contribution in [0.25, 0.3) is 5.69 Å². The first kappa shape index (κ1) is 10.7. The minimum absolute atomic E-state index is 0.0815. The first-order valence-electron chi connectivity index (χ1n) is 5.62. The summed E-state index contributed by atoms with van der Waals surface area (Å²) in [5.41, 5.74) is 1.70. The Labute approximate surface area is 103 Å². The van der Waals surface area contributed by atoms with Gasteiger partial charge in [0.15, 0.2) is 5.69 Å². The highest BCUT2D eigenvalue weighted by Crippen LogP contribution is 2.29. The van der Waals surface area contributed by atoms with Gasteiger partial charge < -0.3 is 4.74 Å². The van der Waals surface area contributed by atoms with Gasteiger partial charge in [0.2, 0.25) is 5.78 Å². The van der Waals surface area contributed by atoms with Gasteiger partial charge in [0.05, 0.1) is 12.3 Å². The summed E-state index contributed by atoms with van der Waals surface area (Å²) in [6.45, 7) is 1.97. The van der Waals surface area contributed by atoms with Crippen LogP contribution in [0.5, 0.6) is 0 Å². The molecular weight excluding hydrogens is 232 g/mol. The van der Waals surface area contributed by atoms with Gasteiger partial charge in [-0.25, -0.2) is 9.78 Å². The Kier molecular flexibility index (Phi) is 2.26. The van der Waals surface area contributed by atoms with Crippen molar-refractivity contribution < 1.29 is 14.3 Å². The fraction of sp³-hybridized carbons (Fsp3) is 0.154.